The Labute approximate surface area is 118 Å². The third-order valence-corrected chi connectivity index (χ3v) is 4.20. The molecule has 0 spiro atoms. The lowest BCUT2D eigenvalue weighted by atomic mass is 9.86. The van der Waals surface area contributed by atoms with E-state index in [0.29, 0.717) is 5.82 Å². The van der Waals surface area contributed by atoms with Crippen LogP contribution < -0.4 is 5.32 Å². The summed E-state index contributed by atoms with van der Waals surface area (Å²) in [4.78, 5) is 16.2. The van der Waals surface area contributed by atoms with Crippen molar-refractivity contribution in [2.75, 3.05) is 5.32 Å². The monoisotopic (exact) mass is 332 g/mol. The molecule has 0 aromatic carbocycles. The van der Waals surface area contributed by atoms with Crippen LogP contribution in [0.25, 0.3) is 0 Å². The van der Waals surface area contributed by atoms with Gasteiger partial charge in [-0.2, -0.15) is 0 Å². The predicted molar refractivity (Wildman–Crippen MR) is 72.2 cm³/mol. The fourth-order valence-corrected chi connectivity index (χ4v) is 2.37. The topological polar surface area (TPSA) is 42.0 Å². The van der Waals surface area contributed by atoms with Crippen LogP contribution in [0, 0.1) is 12.8 Å². The number of carbonyl (C=O) groups is 1. The lowest BCUT2D eigenvalue weighted by Crippen LogP contribution is -2.32. The van der Waals surface area contributed by atoms with Crippen molar-refractivity contribution in [2.24, 2.45) is 5.92 Å². The van der Waals surface area contributed by atoms with Gasteiger partial charge in [0.15, 0.2) is 0 Å². The average Bonchev–Trinajstić information content (AvgIpc) is 2.33. The van der Waals surface area contributed by atoms with Crippen molar-refractivity contribution >= 4 is 27.7 Å². The number of hydrogen-bond acceptors (Lipinski definition) is 2. The highest BCUT2D eigenvalue weighted by Gasteiger charge is 2.37. The summed E-state index contributed by atoms with van der Waals surface area (Å²) in [7, 11) is 0. The molecule has 1 aliphatic carbocycles. The number of nitrogens with one attached hydrogen (secondary N) is 1. The molecule has 0 aliphatic heterocycles. The molecular formula is C13H15BrF2N2O. The van der Waals surface area contributed by atoms with Gasteiger partial charge >= 0.3 is 0 Å². The van der Waals surface area contributed by atoms with E-state index < -0.39 is 5.92 Å². The van der Waals surface area contributed by atoms with Crippen LogP contribution in [0.5, 0.6) is 0 Å². The van der Waals surface area contributed by atoms with Crippen molar-refractivity contribution in [3.05, 3.63) is 22.3 Å². The Morgan fingerprint density at radius 1 is 1.42 bits per heavy atom. The molecule has 0 unspecified atom stereocenters. The molecule has 2 rings (SSSR count). The van der Waals surface area contributed by atoms with Crippen LogP contribution >= 0.6 is 15.9 Å². The Morgan fingerprint density at radius 2 is 2.05 bits per heavy atom. The molecule has 1 fully saturated rings. The second-order valence-electron chi connectivity index (χ2n) is 4.88. The summed E-state index contributed by atoms with van der Waals surface area (Å²) < 4.78 is 26.9. The third-order valence-electron chi connectivity index (χ3n) is 3.36. The fraction of sp³-hybridized carbons (Fsp3) is 0.538. The van der Waals surface area contributed by atoms with Gasteiger partial charge in [-0.3, -0.25) is 4.79 Å². The van der Waals surface area contributed by atoms with Gasteiger partial charge in [0.1, 0.15) is 5.82 Å². The maximum Gasteiger partial charge on any atom is 0.248 e. The molecule has 3 nitrogen and oxygen atoms in total. The van der Waals surface area contributed by atoms with E-state index in [1.165, 1.54) is 0 Å². The van der Waals surface area contributed by atoms with Crippen LogP contribution in [-0.2, 0) is 4.79 Å². The SMILES string of the molecule is Cc1nc(NC(=O)C2CCC(F)(F)CC2)ccc1Br. The summed E-state index contributed by atoms with van der Waals surface area (Å²) in [6, 6.07) is 3.49. The molecule has 19 heavy (non-hydrogen) atoms. The molecule has 1 aromatic heterocycles. The Balaban J connectivity index is 1.96. The smallest absolute Gasteiger partial charge is 0.248 e. The summed E-state index contributed by atoms with van der Waals surface area (Å²) in [5.41, 5.74) is 0.771. The van der Waals surface area contributed by atoms with Gasteiger partial charge in [0.2, 0.25) is 11.8 Å². The van der Waals surface area contributed by atoms with Crippen molar-refractivity contribution in [3.8, 4) is 0 Å². The van der Waals surface area contributed by atoms with E-state index in [4.69, 9.17) is 0 Å². The van der Waals surface area contributed by atoms with Crippen LogP contribution in [0.4, 0.5) is 14.6 Å². The van der Waals surface area contributed by atoms with Gasteiger partial charge in [-0.25, -0.2) is 13.8 Å². The number of nitrogens with zero attached hydrogens (tertiary/aromatic N) is 1. The number of amides is 1. The first-order valence-corrected chi connectivity index (χ1v) is 6.98. The second-order valence-corrected chi connectivity index (χ2v) is 5.74. The van der Waals surface area contributed by atoms with Crippen molar-refractivity contribution in [2.45, 2.75) is 38.5 Å². The van der Waals surface area contributed by atoms with Gasteiger partial charge in [0, 0.05) is 23.2 Å². The number of hydrogen-bond donors (Lipinski definition) is 1. The van der Waals surface area contributed by atoms with Gasteiger partial charge in [-0.05, 0) is 47.8 Å². The zero-order chi connectivity index (χ0) is 14.0. The Bertz CT molecular complexity index is 484. The molecule has 1 N–H and O–H groups in total. The minimum atomic E-state index is -2.61. The molecule has 1 amide bonds. The lowest BCUT2D eigenvalue weighted by Gasteiger charge is -2.27. The Kier molecular flexibility index (Phi) is 4.18. The average molecular weight is 333 g/mol. The number of carbonyl (C=O) groups excluding carboxylic acids is 1. The van der Waals surface area contributed by atoms with Crippen molar-refractivity contribution in [3.63, 3.8) is 0 Å². The predicted octanol–water partition coefficient (Wildman–Crippen LogP) is 3.92. The van der Waals surface area contributed by atoms with Crippen LogP contribution in [-0.4, -0.2) is 16.8 Å². The normalized spacial score (nSPS) is 19.2. The fourth-order valence-electron chi connectivity index (χ4n) is 2.14. The number of anilines is 1. The first kappa shape index (κ1) is 14.4. The minimum Gasteiger partial charge on any atom is -0.310 e. The summed E-state index contributed by atoms with van der Waals surface area (Å²) in [5, 5.41) is 2.69. The molecule has 0 saturated heterocycles. The van der Waals surface area contributed by atoms with Gasteiger partial charge in [-0.1, -0.05) is 0 Å². The summed E-state index contributed by atoms with van der Waals surface area (Å²) >= 11 is 3.33. The quantitative estimate of drug-likeness (QED) is 0.891. The number of rotatable bonds is 2. The van der Waals surface area contributed by atoms with Crippen molar-refractivity contribution in [1.29, 1.82) is 0 Å². The van der Waals surface area contributed by atoms with E-state index in [-0.39, 0.29) is 37.5 Å². The van der Waals surface area contributed by atoms with Crippen molar-refractivity contribution in [1.82, 2.24) is 4.98 Å². The van der Waals surface area contributed by atoms with Gasteiger partial charge in [-0.15, -0.1) is 0 Å². The molecular weight excluding hydrogens is 318 g/mol. The largest absolute Gasteiger partial charge is 0.310 e. The van der Waals surface area contributed by atoms with Crippen LogP contribution in [0.3, 0.4) is 0 Å². The van der Waals surface area contributed by atoms with E-state index in [1.54, 1.807) is 12.1 Å². The molecule has 1 saturated carbocycles. The highest BCUT2D eigenvalue weighted by molar-refractivity contribution is 9.10. The number of alkyl halides is 2. The third kappa shape index (κ3) is 3.72. The van der Waals surface area contributed by atoms with E-state index >= 15 is 0 Å². The van der Waals surface area contributed by atoms with E-state index in [2.05, 4.69) is 26.2 Å². The first-order valence-electron chi connectivity index (χ1n) is 6.19. The van der Waals surface area contributed by atoms with Gasteiger partial charge in [0.05, 0.1) is 5.69 Å². The van der Waals surface area contributed by atoms with Crippen LogP contribution in [0.2, 0.25) is 0 Å². The molecule has 0 atom stereocenters. The summed E-state index contributed by atoms with van der Waals surface area (Å²) in [6.07, 6.45) is 0.0401. The first-order chi connectivity index (χ1) is 8.87. The Hall–Kier alpha value is -1.04. The van der Waals surface area contributed by atoms with E-state index in [0.717, 1.165) is 10.2 Å². The lowest BCUT2D eigenvalue weighted by molar-refractivity contribution is -0.124. The molecule has 1 aliphatic rings. The molecule has 0 radical (unpaired) electrons. The standard InChI is InChI=1S/C13H15BrF2N2O/c1-8-10(14)2-3-11(17-8)18-12(19)9-4-6-13(15,16)7-5-9/h2-3,9H,4-7H2,1H3,(H,17,18,19). The maximum absolute atomic E-state index is 13.0. The van der Waals surface area contributed by atoms with Crippen molar-refractivity contribution < 1.29 is 13.6 Å². The van der Waals surface area contributed by atoms with Gasteiger partial charge < -0.3 is 5.32 Å². The van der Waals surface area contributed by atoms with Crippen LogP contribution in [0.1, 0.15) is 31.4 Å². The molecule has 6 heteroatoms. The Morgan fingerprint density at radius 3 is 2.63 bits per heavy atom. The zero-order valence-electron chi connectivity index (χ0n) is 10.5. The number of aromatic nitrogens is 1. The summed E-state index contributed by atoms with van der Waals surface area (Å²) in [5.74, 6) is -2.71. The number of aryl methyl sites for hydroxylation is 1. The van der Waals surface area contributed by atoms with Crippen LogP contribution in [0.15, 0.2) is 16.6 Å². The highest BCUT2D eigenvalue weighted by atomic mass is 79.9. The van der Waals surface area contributed by atoms with E-state index in [9.17, 15) is 13.6 Å². The number of halogens is 3. The zero-order valence-corrected chi connectivity index (χ0v) is 12.1. The minimum absolute atomic E-state index is 0.210. The molecule has 1 heterocycles. The molecule has 0 bridgehead atoms. The number of pyridine rings is 1. The van der Waals surface area contributed by atoms with Gasteiger partial charge in [0.25, 0.3) is 0 Å². The second kappa shape index (κ2) is 5.53. The van der Waals surface area contributed by atoms with E-state index in [1.807, 2.05) is 6.92 Å². The maximum atomic E-state index is 13.0. The highest BCUT2D eigenvalue weighted by Crippen LogP contribution is 2.36. The summed E-state index contributed by atoms with van der Waals surface area (Å²) in [6.45, 7) is 1.82. The molecule has 104 valence electrons. The molecule has 1 aromatic rings.